The van der Waals surface area contributed by atoms with Crippen molar-refractivity contribution in [2.75, 3.05) is 57.4 Å². The normalized spacial score (nSPS) is 19.7. The molecule has 2 saturated heterocycles. The number of nitro groups is 1. The molecule has 0 unspecified atom stereocenters. The van der Waals surface area contributed by atoms with Gasteiger partial charge in [0.2, 0.25) is 0 Å². The van der Waals surface area contributed by atoms with Crippen molar-refractivity contribution in [2.24, 2.45) is 5.92 Å². The summed E-state index contributed by atoms with van der Waals surface area (Å²) in [5, 5.41) is 20.5. The van der Waals surface area contributed by atoms with Gasteiger partial charge in [0.1, 0.15) is 0 Å². The van der Waals surface area contributed by atoms with Gasteiger partial charge in [-0.15, -0.1) is 0 Å². The molecule has 2 aliphatic heterocycles. The van der Waals surface area contributed by atoms with Crippen molar-refractivity contribution < 1.29 is 14.8 Å². The maximum absolute atomic E-state index is 11.2. The van der Waals surface area contributed by atoms with Gasteiger partial charge in [0.15, 0.2) is 0 Å². The molecule has 0 amide bonds. The number of hydrogen-bond acceptors (Lipinski definition) is 6. The number of anilines is 1. The van der Waals surface area contributed by atoms with Gasteiger partial charge in [0.25, 0.3) is 5.69 Å². The van der Waals surface area contributed by atoms with Gasteiger partial charge < -0.3 is 14.7 Å². The van der Waals surface area contributed by atoms with E-state index in [0.29, 0.717) is 5.92 Å². The molecule has 2 heterocycles. The molecule has 1 aromatic rings. The molecular formula is C19H29N3O4. The number of morpholine rings is 1. The van der Waals surface area contributed by atoms with E-state index in [0.717, 1.165) is 82.9 Å². The molecule has 1 aromatic carbocycles. The summed E-state index contributed by atoms with van der Waals surface area (Å²) in [7, 11) is 0. The molecule has 0 bridgehead atoms. The molecular weight excluding hydrogens is 334 g/mol. The molecule has 0 atom stereocenters. The molecule has 144 valence electrons. The van der Waals surface area contributed by atoms with Crippen molar-refractivity contribution in [3.63, 3.8) is 0 Å². The minimum atomic E-state index is -0.312. The van der Waals surface area contributed by atoms with E-state index >= 15 is 0 Å². The number of aryl methyl sites for hydroxylation is 1. The fourth-order valence-corrected chi connectivity index (χ4v) is 3.87. The highest BCUT2D eigenvalue weighted by atomic mass is 16.6. The van der Waals surface area contributed by atoms with Gasteiger partial charge in [0, 0.05) is 50.6 Å². The lowest BCUT2D eigenvalue weighted by atomic mass is 9.96. The van der Waals surface area contributed by atoms with Gasteiger partial charge in [-0.2, -0.15) is 0 Å². The number of benzene rings is 1. The lowest BCUT2D eigenvalue weighted by molar-refractivity contribution is -0.384. The average Bonchev–Trinajstić information content (AvgIpc) is 2.69. The first-order valence-corrected chi connectivity index (χ1v) is 9.60. The highest BCUT2D eigenvalue weighted by molar-refractivity contribution is 5.58. The van der Waals surface area contributed by atoms with Crippen LogP contribution in [0.5, 0.6) is 0 Å². The number of ether oxygens (including phenoxy) is 1. The molecule has 1 N–H and O–H groups in total. The summed E-state index contributed by atoms with van der Waals surface area (Å²) in [4.78, 5) is 15.6. The predicted octanol–water partition coefficient (Wildman–Crippen LogP) is 2.07. The molecule has 0 saturated carbocycles. The van der Waals surface area contributed by atoms with E-state index in [-0.39, 0.29) is 17.2 Å². The van der Waals surface area contributed by atoms with Gasteiger partial charge in [-0.25, -0.2) is 0 Å². The van der Waals surface area contributed by atoms with E-state index < -0.39 is 0 Å². The van der Waals surface area contributed by atoms with Crippen molar-refractivity contribution in [3.05, 3.63) is 33.9 Å². The minimum Gasteiger partial charge on any atom is -0.396 e. The molecule has 7 nitrogen and oxygen atoms in total. The Morgan fingerprint density at radius 2 is 1.92 bits per heavy atom. The standard InChI is InChI=1S/C19H29N3O4/c23-15-16-5-8-21(9-6-16)19-4-3-18(22(24)25)14-17(19)2-1-7-20-10-12-26-13-11-20/h3-4,14,16,23H,1-2,5-13,15H2. The minimum absolute atomic E-state index is 0.167. The van der Waals surface area contributed by atoms with Crippen LogP contribution in [0.15, 0.2) is 18.2 Å². The van der Waals surface area contributed by atoms with Crippen molar-refractivity contribution in [1.29, 1.82) is 0 Å². The molecule has 26 heavy (non-hydrogen) atoms. The van der Waals surface area contributed by atoms with E-state index in [2.05, 4.69) is 9.80 Å². The van der Waals surface area contributed by atoms with Crippen LogP contribution in [-0.2, 0) is 11.2 Å². The van der Waals surface area contributed by atoms with Crippen LogP contribution in [0, 0.1) is 16.0 Å². The van der Waals surface area contributed by atoms with Crippen LogP contribution in [0.3, 0.4) is 0 Å². The van der Waals surface area contributed by atoms with Gasteiger partial charge >= 0.3 is 0 Å². The van der Waals surface area contributed by atoms with Crippen molar-refractivity contribution in [3.8, 4) is 0 Å². The first-order chi connectivity index (χ1) is 12.7. The zero-order chi connectivity index (χ0) is 18.4. The quantitative estimate of drug-likeness (QED) is 0.590. The number of piperidine rings is 1. The van der Waals surface area contributed by atoms with E-state index in [1.54, 1.807) is 12.1 Å². The third kappa shape index (κ3) is 4.93. The molecule has 0 aromatic heterocycles. The zero-order valence-electron chi connectivity index (χ0n) is 15.3. The molecule has 2 aliphatic rings. The van der Waals surface area contributed by atoms with Crippen LogP contribution in [0.1, 0.15) is 24.8 Å². The molecule has 3 rings (SSSR count). The summed E-state index contributed by atoms with van der Waals surface area (Å²) in [6.07, 6.45) is 3.77. The lowest BCUT2D eigenvalue weighted by Crippen LogP contribution is -2.37. The molecule has 0 aliphatic carbocycles. The Hall–Kier alpha value is -1.70. The number of non-ortho nitro benzene ring substituents is 1. The Morgan fingerprint density at radius 3 is 2.58 bits per heavy atom. The summed E-state index contributed by atoms with van der Waals surface area (Å²) >= 11 is 0. The summed E-state index contributed by atoms with van der Waals surface area (Å²) in [6.45, 7) is 6.58. The van der Waals surface area contributed by atoms with Gasteiger partial charge in [-0.3, -0.25) is 15.0 Å². The van der Waals surface area contributed by atoms with Crippen LogP contribution in [0.4, 0.5) is 11.4 Å². The first kappa shape index (κ1) is 19.1. The number of aliphatic hydroxyl groups excluding tert-OH is 1. The second-order valence-electron chi connectivity index (χ2n) is 7.24. The highest BCUT2D eigenvalue weighted by Gasteiger charge is 2.22. The number of aliphatic hydroxyl groups is 1. The van der Waals surface area contributed by atoms with Crippen LogP contribution in [-0.4, -0.2) is 67.5 Å². The van der Waals surface area contributed by atoms with Crippen LogP contribution in [0.2, 0.25) is 0 Å². The number of nitro benzene ring substituents is 1. The highest BCUT2D eigenvalue weighted by Crippen LogP contribution is 2.30. The SMILES string of the molecule is O=[N+]([O-])c1ccc(N2CCC(CO)CC2)c(CCCN2CCOCC2)c1. The van der Waals surface area contributed by atoms with Crippen LogP contribution >= 0.6 is 0 Å². The van der Waals surface area contributed by atoms with Crippen molar-refractivity contribution >= 4 is 11.4 Å². The monoisotopic (exact) mass is 363 g/mol. The second-order valence-corrected chi connectivity index (χ2v) is 7.24. The molecule has 7 heteroatoms. The predicted molar refractivity (Wildman–Crippen MR) is 101 cm³/mol. The Kier molecular flexibility index (Phi) is 6.82. The van der Waals surface area contributed by atoms with E-state index in [1.165, 1.54) is 0 Å². The molecule has 0 radical (unpaired) electrons. The maximum atomic E-state index is 11.2. The smallest absolute Gasteiger partial charge is 0.269 e. The fourth-order valence-electron chi connectivity index (χ4n) is 3.87. The Morgan fingerprint density at radius 1 is 1.19 bits per heavy atom. The Labute approximate surface area is 154 Å². The topological polar surface area (TPSA) is 79.1 Å². The summed E-state index contributed by atoms with van der Waals surface area (Å²) in [6, 6.07) is 5.26. The van der Waals surface area contributed by atoms with E-state index in [1.807, 2.05) is 6.07 Å². The number of hydrogen-bond donors (Lipinski definition) is 1. The average molecular weight is 363 g/mol. The third-order valence-electron chi connectivity index (χ3n) is 5.51. The Balaban J connectivity index is 1.66. The fraction of sp³-hybridized carbons (Fsp3) is 0.684. The number of nitrogens with zero attached hydrogens (tertiary/aromatic N) is 3. The lowest BCUT2D eigenvalue weighted by Gasteiger charge is -2.34. The van der Waals surface area contributed by atoms with Crippen molar-refractivity contribution in [2.45, 2.75) is 25.7 Å². The van der Waals surface area contributed by atoms with Crippen LogP contribution < -0.4 is 4.90 Å². The third-order valence-corrected chi connectivity index (χ3v) is 5.51. The Bertz CT molecular complexity index is 596. The van der Waals surface area contributed by atoms with E-state index in [4.69, 9.17) is 4.74 Å². The summed E-state index contributed by atoms with van der Waals surface area (Å²) in [5.74, 6) is 0.383. The van der Waals surface area contributed by atoms with Gasteiger partial charge in [-0.05, 0) is 49.8 Å². The summed E-state index contributed by atoms with van der Waals surface area (Å²) in [5.41, 5.74) is 2.35. The molecule has 2 fully saturated rings. The van der Waals surface area contributed by atoms with Gasteiger partial charge in [0.05, 0.1) is 18.1 Å². The summed E-state index contributed by atoms with van der Waals surface area (Å²) < 4.78 is 5.38. The largest absolute Gasteiger partial charge is 0.396 e. The van der Waals surface area contributed by atoms with E-state index in [9.17, 15) is 15.2 Å². The maximum Gasteiger partial charge on any atom is 0.269 e. The van der Waals surface area contributed by atoms with Gasteiger partial charge in [-0.1, -0.05) is 0 Å². The second kappa shape index (κ2) is 9.30. The zero-order valence-corrected chi connectivity index (χ0v) is 15.3. The first-order valence-electron chi connectivity index (χ1n) is 9.60. The molecule has 0 spiro atoms. The number of rotatable bonds is 7. The van der Waals surface area contributed by atoms with Crippen molar-refractivity contribution in [1.82, 2.24) is 4.90 Å². The van der Waals surface area contributed by atoms with Crippen LogP contribution in [0.25, 0.3) is 0 Å².